The topological polar surface area (TPSA) is 56.8 Å². The lowest BCUT2D eigenvalue weighted by molar-refractivity contribution is -0.137. The van der Waals surface area contributed by atoms with E-state index in [1.807, 2.05) is 0 Å². The lowest BCUT2D eigenvalue weighted by atomic mass is 9.99. The Morgan fingerprint density at radius 1 is 1.13 bits per heavy atom. The summed E-state index contributed by atoms with van der Waals surface area (Å²) in [6.07, 6.45) is -0.770. The summed E-state index contributed by atoms with van der Waals surface area (Å²) >= 11 is 0. The summed E-state index contributed by atoms with van der Waals surface area (Å²) < 4.78 is 67.4. The Bertz CT molecular complexity index is 1010. The molecule has 0 radical (unpaired) electrons. The molecule has 1 saturated heterocycles. The minimum atomic E-state index is -4.38. The molecule has 1 fully saturated rings. The molecule has 2 aromatic heterocycles. The van der Waals surface area contributed by atoms with Crippen LogP contribution in [0.2, 0.25) is 0 Å². The summed E-state index contributed by atoms with van der Waals surface area (Å²) in [4.78, 5) is 12.7. The van der Waals surface area contributed by atoms with Gasteiger partial charge in [-0.3, -0.25) is 4.90 Å². The number of nitrogens with zero attached hydrogens (tertiary/aromatic N) is 3. The summed E-state index contributed by atoms with van der Waals surface area (Å²) in [5.41, 5.74) is 0.540. The number of benzene rings is 1. The second kappa shape index (κ2) is 8.96. The van der Waals surface area contributed by atoms with Crippen LogP contribution in [0, 0.1) is 0 Å². The third-order valence-corrected chi connectivity index (χ3v) is 5.34. The van der Waals surface area contributed by atoms with E-state index in [1.165, 1.54) is 18.5 Å². The van der Waals surface area contributed by atoms with Gasteiger partial charge in [-0.1, -0.05) is 12.1 Å². The number of H-pyrrole nitrogens is 1. The fraction of sp³-hybridized carbons (Fsp3) is 0.400. The van der Waals surface area contributed by atoms with Gasteiger partial charge >= 0.3 is 6.18 Å². The van der Waals surface area contributed by atoms with Crippen molar-refractivity contribution in [1.82, 2.24) is 19.9 Å². The molecular formula is C20H21ClF5N5. The standard InChI is InChI=1S/C20H20F5N5.ClH/c21-19(22)11-30(9-6-13-1-3-14(4-2-13)20(23,24)25)10-7-16(19)29-18-15-5-8-26-17(15)27-12-28-18;/h1-5,8,12,16H,6-7,9-11H2,(H2,26,27,28,29);1H. The van der Waals surface area contributed by atoms with Crippen LogP contribution < -0.4 is 5.32 Å². The van der Waals surface area contributed by atoms with E-state index in [0.717, 1.165) is 12.1 Å². The van der Waals surface area contributed by atoms with Crippen molar-refractivity contribution in [2.45, 2.75) is 31.0 Å². The molecule has 1 aliphatic rings. The van der Waals surface area contributed by atoms with Crippen molar-refractivity contribution >= 4 is 29.3 Å². The largest absolute Gasteiger partial charge is 0.416 e. The molecule has 1 aromatic carbocycles. The van der Waals surface area contributed by atoms with Crippen molar-refractivity contribution in [2.75, 3.05) is 25.0 Å². The number of fused-ring (bicyclic) bond motifs is 1. The zero-order valence-corrected chi connectivity index (χ0v) is 17.1. The van der Waals surface area contributed by atoms with Gasteiger partial charge in [0.15, 0.2) is 0 Å². The van der Waals surface area contributed by atoms with E-state index < -0.39 is 30.2 Å². The van der Waals surface area contributed by atoms with E-state index in [4.69, 9.17) is 0 Å². The van der Waals surface area contributed by atoms with Crippen molar-refractivity contribution in [3.63, 3.8) is 0 Å². The highest BCUT2D eigenvalue weighted by atomic mass is 35.5. The molecule has 0 aliphatic carbocycles. The van der Waals surface area contributed by atoms with Gasteiger partial charge in [-0.05, 0) is 36.6 Å². The molecule has 0 saturated carbocycles. The van der Waals surface area contributed by atoms with Gasteiger partial charge in [-0.15, -0.1) is 12.4 Å². The van der Waals surface area contributed by atoms with Crippen molar-refractivity contribution in [3.8, 4) is 0 Å². The Kier molecular flexibility index (Phi) is 6.70. The number of anilines is 1. The first kappa shape index (κ1) is 23.2. The van der Waals surface area contributed by atoms with E-state index >= 15 is 0 Å². The molecule has 11 heteroatoms. The van der Waals surface area contributed by atoms with Crippen molar-refractivity contribution in [3.05, 3.63) is 54.0 Å². The molecule has 4 rings (SSSR count). The van der Waals surface area contributed by atoms with Crippen molar-refractivity contribution in [1.29, 1.82) is 0 Å². The van der Waals surface area contributed by atoms with Crippen molar-refractivity contribution < 1.29 is 22.0 Å². The first-order valence-electron chi connectivity index (χ1n) is 9.53. The molecule has 2 N–H and O–H groups in total. The highest BCUT2D eigenvalue weighted by Crippen LogP contribution is 2.32. The molecule has 0 bridgehead atoms. The minimum absolute atomic E-state index is 0. The van der Waals surface area contributed by atoms with Gasteiger partial charge < -0.3 is 10.3 Å². The predicted molar refractivity (Wildman–Crippen MR) is 110 cm³/mol. The van der Waals surface area contributed by atoms with E-state index in [-0.39, 0.29) is 18.8 Å². The molecule has 31 heavy (non-hydrogen) atoms. The van der Waals surface area contributed by atoms with Crippen LogP contribution in [0.5, 0.6) is 0 Å². The molecule has 1 aliphatic heterocycles. The first-order chi connectivity index (χ1) is 14.2. The van der Waals surface area contributed by atoms with Gasteiger partial charge in [-0.25, -0.2) is 18.7 Å². The third-order valence-electron chi connectivity index (χ3n) is 5.34. The fourth-order valence-electron chi connectivity index (χ4n) is 3.68. The van der Waals surface area contributed by atoms with Crippen LogP contribution in [0.25, 0.3) is 11.0 Å². The lowest BCUT2D eigenvalue weighted by Gasteiger charge is -2.38. The number of likely N-dealkylation sites (tertiary alicyclic amines) is 1. The summed E-state index contributed by atoms with van der Waals surface area (Å²) in [5, 5.41) is 3.51. The Labute approximate surface area is 181 Å². The van der Waals surface area contributed by atoms with E-state index in [9.17, 15) is 22.0 Å². The summed E-state index contributed by atoms with van der Waals surface area (Å²) in [5.74, 6) is -2.62. The Morgan fingerprint density at radius 2 is 1.87 bits per heavy atom. The number of aromatic nitrogens is 3. The van der Waals surface area contributed by atoms with Gasteiger partial charge in [0, 0.05) is 19.3 Å². The van der Waals surface area contributed by atoms with Crippen LogP contribution in [0.15, 0.2) is 42.9 Å². The minimum Gasteiger partial charge on any atom is -0.361 e. The highest BCUT2D eigenvalue weighted by Gasteiger charge is 2.44. The first-order valence-corrected chi connectivity index (χ1v) is 9.53. The highest BCUT2D eigenvalue weighted by molar-refractivity contribution is 5.86. The maximum Gasteiger partial charge on any atom is 0.416 e. The third kappa shape index (κ3) is 5.24. The normalized spacial score (nSPS) is 19.2. The van der Waals surface area contributed by atoms with E-state index in [0.29, 0.717) is 41.9 Å². The lowest BCUT2D eigenvalue weighted by Crippen LogP contribution is -2.54. The summed E-state index contributed by atoms with van der Waals surface area (Å²) in [7, 11) is 0. The van der Waals surface area contributed by atoms with E-state index in [1.54, 1.807) is 17.2 Å². The molecule has 0 spiro atoms. The quantitative estimate of drug-likeness (QED) is 0.538. The van der Waals surface area contributed by atoms with Crippen LogP contribution in [-0.2, 0) is 12.6 Å². The molecule has 1 atom stereocenters. The Hall–Kier alpha value is -2.46. The number of aromatic amines is 1. The fourth-order valence-corrected chi connectivity index (χ4v) is 3.68. The Morgan fingerprint density at radius 3 is 2.55 bits per heavy atom. The molecule has 5 nitrogen and oxygen atoms in total. The second-order valence-electron chi connectivity index (χ2n) is 7.43. The van der Waals surface area contributed by atoms with Gasteiger partial charge in [0.05, 0.1) is 23.5 Å². The van der Waals surface area contributed by atoms with Gasteiger partial charge in [0.2, 0.25) is 0 Å². The van der Waals surface area contributed by atoms with Crippen LogP contribution in [-0.4, -0.2) is 51.5 Å². The van der Waals surface area contributed by atoms with Crippen molar-refractivity contribution in [2.24, 2.45) is 0 Å². The van der Waals surface area contributed by atoms with Crippen LogP contribution in [0.4, 0.5) is 27.8 Å². The van der Waals surface area contributed by atoms with Crippen LogP contribution in [0.1, 0.15) is 17.5 Å². The smallest absolute Gasteiger partial charge is 0.361 e. The number of halogens is 6. The second-order valence-corrected chi connectivity index (χ2v) is 7.43. The number of piperidine rings is 1. The monoisotopic (exact) mass is 461 g/mol. The predicted octanol–water partition coefficient (Wildman–Crippen LogP) is 4.76. The number of nitrogens with one attached hydrogen (secondary N) is 2. The molecule has 1 unspecified atom stereocenters. The van der Waals surface area contributed by atoms with Crippen LogP contribution >= 0.6 is 12.4 Å². The number of rotatable bonds is 5. The molecule has 0 amide bonds. The zero-order chi connectivity index (χ0) is 21.4. The van der Waals surface area contributed by atoms with Gasteiger partial charge in [0.25, 0.3) is 5.92 Å². The zero-order valence-electron chi connectivity index (χ0n) is 16.3. The molecule has 168 valence electrons. The average molecular weight is 462 g/mol. The average Bonchev–Trinajstić information content (AvgIpc) is 3.17. The number of hydrogen-bond acceptors (Lipinski definition) is 4. The molecule has 3 heterocycles. The summed E-state index contributed by atoms with van der Waals surface area (Å²) in [6, 6.07) is 5.49. The maximum atomic E-state index is 14.8. The number of hydrogen-bond donors (Lipinski definition) is 2. The van der Waals surface area contributed by atoms with E-state index in [2.05, 4.69) is 20.3 Å². The molecule has 3 aromatic rings. The van der Waals surface area contributed by atoms with Gasteiger partial charge in [-0.2, -0.15) is 13.2 Å². The SMILES string of the molecule is Cl.FC(F)(F)c1ccc(CCN2CCC(Nc3ncnc4[nH]ccc34)C(F)(F)C2)cc1. The Balaban J connectivity index is 0.00000272. The van der Waals surface area contributed by atoms with Crippen LogP contribution in [0.3, 0.4) is 0 Å². The summed E-state index contributed by atoms with van der Waals surface area (Å²) in [6.45, 7) is 0.380. The molecular weight excluding hydrogens is 441 g/mol. The van der Waals surface area contributed by atoms with Gasteiger partial charge in [0.1, 0.15) is 17.8 Å². The maximum absolute atomic E-state index is 14.8. The number of alkyl halides is 5.